The molecule has 19 heavy (non-hydrogen) atoms. The van der Waals surface area contributed by atoms with Gasteiger partial charge in [0, 0.05) is 16.5 Å². The van der Waals surface area contributed by atoms with Gasteiger partial charge in [0.05, 0.1) is 6.10 Å². The second-order valence-corrected chi connectivity index (χ2v) is 6.76. The van der Waals surface area contributed by atoms with E-state index in [-0.39, 0.29) is 12.2 Å². The van der Waals surface area contributed by atoms with Crippen LogP contribution in [0.4, 0.5) is 0 Å². The molecule has 2 nitrogen and oxygen atoms in total. The molecular weight excluding hydrogens is 304 g/mol. The maximum atomic E-state index is 10.3. The Morgan fingerprint density at radius 2 is 1.84 bits per heavy atom. The summed E-state index contributed by atoms with van der Waals surface area (Å²) >= 11 is 3.48. The van der Waals surface area contributed by atoms with Crippen molar-refractivity contribution in [3.05, 3.63) is 28.2 Å². The minimum absolute atomic E-state index is 0.190. The SMILES string of the molecule is OC1CC(C2CCCCCC2)Oc2cc(Br)ccc21. The lowest BCUT2D eigenvalue weighted by atomic mass is 9.87. The molecule has 0 saturated heterocycles. The Hall–Kier alpha value is -0.540. The van der Waals surface area contributed by atoms with Gasteiger partial charge in [-0.05, 0) is 30.9 Å². The van der Waals surface area contributed by atoms with E-state index in [0.29, 0.717) is 5.92 Å². The summed E-state index contributed by atoms with van der Waals surface area (Å²) in [6, 6.07) is 5.92. The molecule has 0 spiro atoms. The highest BCUT2D eigenvalue weighted by Crippen LogP contribution is 2.40. The first kappa shape index (κ1) is 13.4. The van der Waals surface area contributed by atoms with Crippen LogP contribution in [0.5, 0.6) is 5.75 Å². The number of ether oxygens (including phenoxy) is 1. The van der Waals surface area contributed by atoms with E-state index in [9.17, 15) is 5.11 Å². The number of halogens is 1. The van der Waals surface area contributed by atoms with E-state index < -0.39 is 0 Å². The molecule has 1 aliphatic carbocycles. The second kappa shape index (κ2) is 5.84. The van der Waals surface area contributed by atoms with Gasteiger partial charge in [-0.15, -0.1) is 0 Å². The molecule has 1 aromatic rings. The van der Waals surface area contributed by atoms with Crippen LogP contribution in [0.15, 0.2) is 22.7 Å². The monoisotopic (exact) mass is 324 g/mol. The first-order valence-corrected chi connectivity index (χ1v) is 8.17. The van der Waals surface area contributed by atoms with Crippen LogP contribution in [0.1, 0.15) is 56.6 Å². The van der Waals surface area contributed by atoms with Gasteiger partial charge in [0.1, 0.15) is 11.9 Å². The number of aliphatic hydroxyl groups excluding tert-OH is 1. The lowest BCUT2D eigenvalue weighted by molar-refractivity contribution is 0.0296. The van der Waals surface area contributed by atoms with Crippen molar-refractivity contribution in [3.63, 3.8) is 0 Å². The summed E-state index contributed by atoms with van der Waals surface area (Å²) < 4.78 is 7.20. The zero-order valence-corrected chi connectivity index (χ0v) is 12.7. The van der Waals surface area contributed by atoms with Gasteiger partial charge in [-0.25, -0.2) is 0 Å². The van der Waals surface area contributed by atoms with Gasteiger partial charge < -0.3 is 9.84 Å². The normalized spacial score (nSPS) is 28.3. The molecular formula is C16H21BrO2. The molecule has 1 fully saturated rings. The molecule has 1 N–H and O–H groups in total. The van der Waals surface area contributed by atoms with Gasteiger partial charge in [-0.3, -0.25) is 0 Å². The molecule has 2 aliphatic rings. The molecule has 2 unspecified atom stereocenters. The molecule has 0 bridgehead atoms. The maximum Gasteiger partial charge on any atom is 0.126 e. The third-order valence-electron chi connectivity index (χ3n) is 4.49. The predicted molar refractivity (Wildman–Crippen MR) is 79.3 cm³/mol. The number of aliphatic hydroxyl groups is 1. The Bertz CT molecular complexity index is 438. The molecule has 3 rings (SSSR count). The van der Waals surface area contributed by atoms with Crippen molar-refractivity contribution in [3.8, 4) is 5.75 Å². The Morgan fingerprint density at radius 3 is 2.58 bits per heavy atom. The average molecular weight is 325 g/mol. The zero-order chi connectivity index (χ0) is 13.2. The van der Waals surface area contributed by atoms with E-state index in [0.717, 1.165) is 22.2 Å². The molecule has 0 radical (unpaired) electrons. The van der Waals surface area contributed by atoms with Crippen LogP contribution in [-0.2, 0) is 0 Å². The topological polar surface area (TPSA) is 29.5 Å². The number of hydrogen-bond acceptors (Lipinski definition) is 2. The van der Waals surface area contributed by atoms with Crippen LogP contribution in [0.25, 0.3) is 0 Å². The molecule has 2 atom stereocenters. The van der Waals surface area contributed by atoms with E-state index in [1.807, 2.05) is 18.2 Å². The number of hydrogen-bond donors (Lipinski definition) is 1. The lowest BCUT2D eigenvalue weighted by Gasteiger charge is -2.34. The molecule has 1 saturated carbocycles. The van der Waals surface area contributed by atoms with Gasteiger partial charge >= 0.3 is 0 Å². The van der Waals surface area contributed by atoms with Crippen molar-refractivity contribution >= 4 is 15.9 Å². The molecule has 104 valence electrons. The van der Waals surface area contributed by atoms with Crippen molar-refractivity contribution in [2.75, 3.05) is 0 Å². The van der Waals surface area contributed by atoms with Crippen molar-refractivity contribution in [1.82, 2.24) is 0 Å². The number of benzene rings is 1. The highest BCUT2D eigenvalue weighted by atomic mass is 79.9. The minimum Gasteiger partial charge on any atom is -0.490 e. The Balaban J connectivity index is 1.79. The van der Waals surface area contributed by atoms with Gasteiger partial charge in [-0.2, -0.15) is 0 Å². The molecule has 1 aromatic carbocycles. The fourth-order valence-electron chi connectivity index (χ4n) is 3.42. The standard InChI is InChI=1S/C16H21BrO2/c17-12-7-8-13-14(18)10-15(19-16(13)9-12)11-5-3-1-2-4-6-11/h7-9,11,14-15,18H,1-6,10H2. The highest BCUT2D eigenvalue weighted by molar-refractivity contribution is 9.10. The molecule has 3 heteroatoms. The van der Waals surface area contributed by atoms with E-state index in [2.05, 4.69) is 15.9 Å². The number of rotatable bonds is 1. The summed E-state index contributed by atoms with van der Waals surface area (Å²) in [5.41, 5.74) is 0.938. The summed E-state index contributed by atoms with van der Waals surface area (Å²) in [6.45, 7) is 0. The van der Waals surface area contributed by atoms with E-state index in [4.69, 9.17) is 4.74 Å². The minimum atomic E-state index is -0.370. The van der Waals surface area contributed by atoms with Crippen LogP contribution in [0.2, 0.25) is 0 Å². The largest absolute Gasteiger partial charge is 0.490 e. The zero-order valence-electron chi connectivity index (χ0n) is 11.1. The molecule has 0 aromatic heterocycles. The fourth-order valence-corrected chi connectivity index (χ4v) is 3.76. The Labute approximate surface area is 123 Å². The Kier molecular flexibility index (Phi) is 4.13. The average Bonchev–Trinajstić information content (AvgIpc) is 2.66. The smallest absolute Gasteiger partial charge is 0.126 e. The van der Waals surface area contributed by atoms with Crippen molar-refractivity contribution in [1.29, 1.82) is 0 Å². The van der Waals surface area contributed by atoms with Crippen molar-refractivity contribution in [2.24, 2.45) is 5.92 Å². The summed E-state index contributed by atoms with van der Waals surface area (Å²) in [6.07, 6.45) is 8.40. The van der Waals surface area contributed by atoms with Crippen LogP contribution < -0.4 is 4.74 Å². The maximum absolute atomic E-state index is 10.3. The summed E-state index contributed by atoms with van der Waals surface area (Å²) in [5.74, 6) is 1.48. The lowest BCUT2D eigenvalue weighted by Crippen LogP contribution is -2.32. The number of fused-ring (bicyclic) bond motifs is 1. The third-order valence-corrected chi connectivity index (χ3v) is 4.99. The quantitative estimate of drug-likeness (QED) is 0.765. The first-order valence-electron chi connectivity index (χ1n) is 7.38. The van der Waals surface area contributed by atoms with Crippen LogP contribution in [-0.4, -0.2) is 11.2 Å². The molecule has 1 aliphatic heterocycles. The van der Waals surface area contributed by atoms with Gasteiger partial charge in [0.25, 0.3) is 0 Å². The molecule has 0 amide bonds. The van der Waals surface area contributed by atoms with Gasteiger partial charge in [0.2, 0.25) is 0 Å². The summed E-state index contributed by atoms with van der Waals surface area (Å²) in [7, 11) is 0. The van der Waals surface area contributed by atoms with Crippen LogP contribution in [0.3, 0.4) is 0 Å². The third kappa shape index (κ3) is 2.97. The van der Waals surface area contributed by atoms with Crippen LogP contribution in [0, 0.1) is 5.92 Å². The fraction of sp³-hybridized carbons (Fsp3) is 0.625. The Morgan fingerprint density at radius 1 is 1.11 bits per heavy atom. The predicted octanol–water partition coefficient (Wildman–Crippen LogP) is 4.60. The highest BCUT2D eigenvalue weighted by Gasteiger charge is 2.32. The second-order valence-electron chi connectivity index (χ2n) is 5.84. The van der Waals surface area contributed by atoms with E-state index in [1.165, 1.54) is 38.5 Å². The molecule has 1 heterocycles. The van der Waals surface area contributed by atoms with Gasteiger partial charge in [-0.1, -0.05) is 47.7 Å². The first-order chi connectivity index (χ1) is 9.24. The van der Waals surface area contributed by atoms with E-state index >= 15 is 0 Å². The van der Waals surface area contributed by atoms with Crippen LogP contribution >= 0.6 is 15.9 Å². The van der Waals surface area contributed by atoms with Gasteiger partial charge in [0.15, 0.2) is 0 Å². The van der Waals surface area contributed by atoms with Crippen molar-refractivity contribution < 1.29 is 9.84 Å². The summed E-state index contributed by atoms with van der Waals surface area (Å²) in [4.78, 5) is 0. The van der Waals surface area contributed by atoms with E-state index in [1.54, 1.807) is 0 Å². The summed E-state index contributed by atoms with van der Waals surface area (Å²) in [5, 5.41) is 10.3. The van der Waals surface area contributed by atoms with Crippen molar-refractivity contribution in [2.45, 2.75) is 57.2 Å².